The molecule has 10 heteroatoms. The van der Waals surface area contributed by atoms with E-state index in [1.54, 1.807) is 12.1 Å². The minimum absolute atomic E-state index is 0.0299. The molecule has 1 fully saturated rings. The van der Waals surface area contributed by atoms with Crippen LogP contribution in [0.5, 0.6) is 0 Å². The Labute approximate surface area is 170 Å². The Morgan fingerprint density at radius 1 is 1.13 bits per heavy atom. The van der Waals surface area contributed by atoms with Gasteiger partial charge in [-0.25, -0.2) is 15.1 Å². The summed E-state index contributed by atoms with van der Waals surface area (Å²) in [6.45, 7) is -0.504. The number of nitrogens with one attached hydrogen (secondary N) is 1. The van der Waals surface area contributed by atoms with Gasteiger partial charge in [-0.05, 0) is 16.8 Å². The minimum atomic E-state index is -1.40. The molecular weight excluding hydrogens is 394 g/mol. The van der Waals surface area contributed by atoms with Crippen molar-refractivity contribution in [3.8, 4) is 0 Å². The lowest BCUT2D eigenvalue weighted by atomic mass is 10.0. The van der Waals surface area contributed by atoms with Gasteiger partial charge in [-0.2, -0.15) is 4.98 Å². The van der Waals surface area contributed by atoms with E-state index >= 15 is 0 Å². The first kappa shape index (κ1) is 20.4. The molecule has 1 saturated heterocycles. The van der Waals surface area contributed by atoms with Gasteiger partial charge in [-0.1, -0.05) is 42.5 Å². The van der Waals surface area contributed by atoms with Gasteiger partial charge < -0.3 is 25.2 Å². The number of rotatable bonds is 6. The van der Waals surface area contributed by atoms with E-state index in [1.807, 2.05) is 30.3 Å². The van der Waals surface area contributed by atoms with Crippen molar-refractivity contribution in [2.24, 2.45) is 0 Å². The fraction of sp³-hybridized carbons (Fsp3) is 0.300. The molecule has 4 rings (SSSR count). The van der Waals surface area contributed by atoms with Crippen LogP contribution in [0.25, 0.3) is 10.8 Å². The van der Waals surface area contributed by atoms with Crippen LogP contribution in [0.15, 0.2) is 59.5 Å². The minimum Gasteiger partial charge on any atom is -0.394 e. The van der Waals surface area contributed by atoms with Crippen molar-refractivity contribution in [3.63, 3.8) is 0 Å². The summed E-state index contributed by atoms with van der Waals surface area (Å²) < 4.78 is 6.32. The molecule has 10 nitrogen and oxygen atoms in total. The topological polar surface area (TPSA) is 146 Å². The average Bonchev–Trinajstić information content (AvgIpc) is 3.05. The number of aromatic nitrogens is 2. The molecule has 30 heavy (non-hydrogen) atoms. The number of aliphatic hydroxyl groups excluding tert-OH is 4. The maximum absolute atomic E-state index is 12.3. The van der Waals surface area contributed by atoms with Gasteiger partial charge >= 0.3 is 5.69 Å². The molecule has 1 aliphatic rings. The van der Waals surface area contributed by atoms with E-state index in [2.05, 4.69) is 10.5 Å². The molecule has 1 aliphatic heterocycles. The predicted molar refractivity (Wildman–Crippen MR) is 105 cm³/mol. The number of hydrogen-bond donors (Lipinski definition) is 5. The Morgan fingerprint density at radius 3 is 2.63 bits per heavy atom. The summed E-state index contributed by atoms with van der Waals surface area (Å²) in [6, 6.07) is 14.3. The summed E-state index contributed by atoms with van der Waals surface area (Å²) in [5, 5.41) is 41.2. The third kappa shape index (κ3) is 3.79. The molecule has 0 aliphatic carbocycles. The molecule has 0 radical (unpaired) electrons. The normalized spacial score (nSPS) is 24.8. The first-order valence-corrected chi connectivity index (χ1v) is 9.28. The lowest BCUT2D eigenvalue weighted by Gasteiger charge is -2.18. The lowest BCUT2D eigenvalue weighted by molar-refractivity contribution is -0.0774. The maximum atomic E-state index is 12.3. The van der Waals surface area contributed by atoms with Gasteiger partial charge in [0.05, 0.1) is 6.61 Å². The van der Waals surface area contributed by atoms with Crippen LogP contribution >= 0.6 is 0 Å². The first-order valence-electron chi connectivity index (χ1n) is 9.28. The Balaban J connectivity index is 1.47. The van der Waals surface area contributed by atoms with Crippen LogP contribution in [0, 0.1) is 0 Å². The van der Waals surface area contributed by atoms with Crippen LogP contribution in [0.4, 0.5) is 5.82 Å². The number of fused-ring (bicyclic) bond motifs is 1. The van der Waals surface area contributed by atoms with E-state index in [9.17, 15) is 20.1 Å². The Bertz CT molecular complexity index is 1080. The smallest absolute Gasteiger partial charge is 0.351 e. The second-order valence-electron chi connectivity index (χ2n) is 6.87. The SMILES string of the molecule is O=c1nc(NOC(O)c2cccc3ccccc23)ccn1[C@@H]1O[C@H](CO)[C@@H](O)[C@H]1O. The molecule has 158 valence electrons. The lowest BCUT2D eigenvalue weighted by Crippen LogP contribution is -2.36. The highest BCUT2D eigenvalue weighted by Crippen LogP contribution is 2.28. The van der Waals surface area contributed by atoms with Gasteiger partial charge in [0.25, 0.3) is 0 Å². The van der Waals surface area contributed by atoms with E-state index < -0.39 is 43.1 Å². The summed E-state index contributed by atoms with van der Waals surface area (Å²) in [4.78, 5) is 21.4. The zero-order chi connectivity index (χ0) is 21.3. The van der Waals surface area contributed by atoms with Gasteiger partial charge in [-0.3, -0.25) is 4.57 Å². The third-order valence-corrected chi connectivity index (χ3v) is 4.99. The van der Waals surface area contributed by atoms with Gasteiger partial charge in [-0.15, -0.1) is 0 Å². The van der Waals surface area contributed by atoms with Crippen molar-refractivity contribution in [1.29, 1.82) is 0 Å². The summed E-state index contributed by atoms with van der Waals surface area (Å²) in [5.74, 6) is 0.0299. The molecular formula is C20H21N3O7. The Morgan fingerprint density at radius 2 is 1.90 bits per heavy atom. The van der Waals surface area contributed by atoms with E-state index in [0.29, 0.717) is 5.56 Å². The van der Waals surface area contributed by atoms with Crippen molar-refractivity contribution in [2.75, 3.05) is 12.1 Å². The van der Waals surface area contributed by atoms with E-state index in [-0.39, 0.29) is 5.82 Å². The van der Waals surface area contributed by atoms with Crippen molar-refractivity contribution in [2.45, 2.75) is 30.8 Å². The van der Waals surface area contributed by atoms with Crippen LogP contribution < -0.4 is 11.2 Å². The van der Waals surface area contributed by atoms with Crippen molar-refractivity contribution < 1.29 is 30.0 Å². The molecule has 0 saturated carbocycles. The number of aliphatic hydroxyl groups is 4. The Hall–Kier alpha value is -2.86. The monoisotopic (exact) mass is 415 g/mol. The molecule has 2 aromatic carbocycles. The van der Waals surface area contributed by atoms with Crippen LogP contribution in [0.2, 0.25) is 0 Å². The van der Waals surface area contributed by atoms with E-state index in [1.165, 1.54) is 12.3 Å². The highest BCUT2D eigenvalue weighted by Gasteiger charge is 2.43. The number of hydrogen-bond acceptors (Lipinski definition) is 9. The molecule has 5 N–H and O–H groups in total. The molecule has 0 bridgehead atoms. The van der Waals surface area contributed by atoms with Crippen LogP contribution in [0.3, 0.4) is 0 Å². The molecule has 2 heterocycles. The van der Waals surface area contributed by atoms with Gasteiger partial charge in [0.1, 0.15) is 18.3 Å². The fourth-order valence-corrected chi connectivity index (χ4v) is 3.42. The fourth-order valence-electron chi connectivity index (χ4n) is 3.42. The highest BCUT2D eigenvalue weighted by atomic mass is 16.7. The Kier molecular flexibility index (Phi) is 5.77. The molecule has 1 unspecified atom stereocenters. The highest BCUT2D eigenvalue weighted by molar-refractivity contribution is 5.85. The van der Waals surface area contributed by atoms with Gasteiger partial charge in [0.2, 0.25) is 6.29 Å². The molecule has 0 amide bonds. The summed E-state index contributed by atoms with van der Waals surface area (Å²) in [5.41, 5.74) is 2.20. The van der Waals surface area contributed by atoms with E-state index in [0.717, 1.165) is 15.3 Å². The van der Waals surface area contributed by atoms with Crippen molar-refractivity contribution >= 4 is 16.6 Å². The van der Waals surface area contributed by atoms with Crippen molar-refractivity contribution in [1.82, 2.24) is 9.55 Å². The van der Waals surface area contributed by atoms with Gasteiger partial charge in [0, 0.05) is 11.8 Å². The maximum Gasteiger partial charge on any atom is 0.351 e. The van der Waals surface area contributed by atoms with Crippen LogP contribution in [0.1, 0.15) is 18.1 Å². The second-order valence-corrected chi connectivity index (χ2v) is 6.87. The van der Waals surface area contributed by atoms with Crippen LogP contribution in [-0.2, 0) is 9.57 Å². The molecule has 3 aromatic rings. The third-order valence-electron chi connectivity index (χ3n) is 4.99. The van der Waals surface area contributed by atoms with Crippen LogP contribution in [-0.4, -0.2) is 54.9 Å². The first-order chi connectivity index (χ1) is 14.5. The van der Waals surface area contributed by atoms with Gasteiger partial charge in [0.15, 0.2) is 12.0 Å². The molecule has 5 atom stereocenters. The molecule has 1 aromatic heterocycles. The number of anilines is 1. The summed E-state index contributed by atoms with van der Waals surface area (Å²) in [7, 11) is 0. The second kappa shape index (κ2) is 8.48. The summed E-state index contributed by atoms with van der Waals surface area (Å²) in [6.07, 6.45) is -4.94. The zero-order valence-corrected chi connectivity index (χ0v) is 15.7. The zero-order valence-electron chi connectivity index (χ0n) is 15.7. The molecule has 0 spiro atoms. The largest absolute Gasteiger partial charge is 0.394 e. The quantitative estimate of drug-likeness (QED) is 0.278. The number of nitrogens with zero attached hydrogens (tertiary/aromatic N) is 2. The van der Waals surface area contributed by atoms with E-state index in [4.69, 9.17) is 14.7 Å². The number of benzene rings is 2. The predicted octanol–water partition coefficient (Wildman–Crippen LogP) is 0.0426. The average molecular weight is 415 g/mol. The number of ether oxygens (including phenoxy) is 1. The standard InChI is InChI=1S/C20H21N3O7/c24-10-14-16(25)17(26)18(29-14)23-9-8-15(21-20(23)28)22-30-19(27)13-7-3-5-11-4-1-2-6-12(11)13/h1-9,14,16-19,24-27H,10H2,(H,21,22,28)/t14-,16-,17-,18-,19?/m1/s1. The van der Waals surface area contributed by atoms with Crippen molar-refractivity contribution in [3.05, 3.63) is 70.8 Å². The summed E-state index contributed by atoms with van der Waals surface area (Å²) >= 11 is 0.